The van der Waals surface area contributed by atoms with E-state index >= 15 is 0 Å². The number of esters is 2. The number of carbonyl (C=O) groups excluding carboxylic acids is 2. The SMILES string of the molecule is C=C(CO)C(=O)OCCOc1cc(OCCOC(=O)C(=C)CO)cc(-c2ccc(-c3ccc(C4=CCC(CCCCC)CC4)cc3C)cc2CC)c1. The van der Waals surface area contributed by atoms with Crippen molar-refractivity contribution in [3.05, 3.63) is 102 Å². The van der Waals surface area contributed by atoms with E-state index in [9.17, 15) is 9.59 Å². The monoisotopic (exact) mass is 710 g/mol. The first-order chi connectivity index (χ1) is 25.2. The van der Waals surface area contributed by atoms with E-state index in [1.54, 1.807) is 6.07 Å². The van der Waals surface area contributed by atoms with Crippen molar-refractivity contribution in [3.8, 4) is 33.8 Å². The van der Waals surface area contributed by atoms with Gasteiger partial charge in [0, 0.05) is 6.07 Å². The summed E-state index contributed by atoms with van der Waals surface area (Å²) in [4.78, 5) is 23.8. The van der Waals surface area contributed by atoms with E-state index in [0.717, 1.165) is 41.0 Å². The molecule has 0 amide bonds. The number of aliphatic hydroxyl groups is 2. The lowest BCUT2D eigenvalue weighted by molar-refractivity contribution is -0.141. The number of hydrogen-bond donors (Lipinski definition) is 2. The van der Waals surface area contributed by atoms with Crippen LogP contribution in [0.2, 0.25) is 0 Å². The first-order valence-electron chi connectivity index (χ1n) is 18.4. The Morgan fingerprint density at radius 1 is 0.750 bits per heavy atom. The Morgan fingerprint density at radius 3 is 1.90 bits per heavy atom. The molecular weight excluding hydrogens is 656 g/mol. The van der Waals surface area contributed by atoms with Crippen molar-refractivity contribution in [1.82, 2.24) is 0 Å². The number of aliphatic hydroxyl groups excluding tert-OH is 2. The lowest BCUT2D eigenvalue weighted by atomic mass is 9.83. The largest absolute Gasteiger partial charge is 0.490 e. The van der Waals surface area contributed by atoms with E-state index in [1.165, 1.54) is 60.8 Å². The Kier molecular flexibility index (Phi) is 15.7. The van der Waals surface area contributed by atoms with Crippen LogP contribution in [0.3, 0.4) is 0 Å². The second-order valence-corrected chi connectivity index (χ2v) is 13.3. The predicted octanol–water partition coefficient (Wildman–Crippen LogP) is 8.60. The minimum Gasteiger partial charge on any atom is -0.490 e. The highest BCUT2D eigenvalue weighted by Crippen LogP contribution is 2.37. The van der Waals surface area contributed by atoms with Crippen molar-refractivity contribution in [2.75, 3.05) is 39.6 Å². The van der Waals surface area contributed by atoms with E-state index in [-0.39, 0.29) is 37.6 Å². The zero-order valence-corrected chi connectivity index (χ0v) is 31.0. The van der Waals surface area contributed by atoms with E-state index in [1.807, 2.05) is 12.1 Å². The second kappa shape index (κ2) is 20.4. The Balaban J connectivity index is 1.53. The molecule has 0 heterocycles. The smallest absolute Gasteiger partial charge is 0.335 e. The molecule has 4 rings (SSSR count). The van der Waals surface area contributed by atoms with E-state index in [0.29, 0.717) is 11.5 Å². The van der Waals surface area contributed by atoms with Crippen LogP contribution in [0.1, 0.15) is 75.5 Å². The van der Waals surface area contributed by atoms with Gasteiger partial charge in [-0.3, -0.25) is 0 Å². The Hall–Kier alpha value is -4.66. The summed E-state index contributed by atoms with van der Waals surface area (Å²) in [6.07, 6.45) is 12.2. The fourth-order valence-corrected chi connectivity index (χ4v) is 6.43. The van der Waals surface area contributed by atoms with Gasteiger partial charge < -0.3 is 29.2 Å². The van der Waals surface area contributed by atoms with Crippen molar-refractivity contribution >= 4 is 17.5 Å². The highest BCUT2D eigenvalue weighted by molar-refractivity contribution is 5.88. The van der Waals surface area contributed by atoms with Crippen LogP contribution in [0.15, 0.2) is 85.0 Å². The predicted molar refractivity (Wildman–Crippen MR) is 206 cm³/mol. The minimum absolute atomic E-state index is 0.0320. The molecule has 3 aromatic rings. The third-order valence-electron chi connectivity index (χ3n) is 9.45. The van der Waals surface area contributed by atoms with Gasteiger partial charge >= 0.3 is 11.9 Å². The Labute approximate surface area is 308 Å². The molecule has 0 saturated carbocycles. The summed E-state index contributed by atoms with van der Waals surface area (Å²) in [5.74, 6) is 0.450. The number of allylic oxidation sites excluding steroid dienone is 2. The summed E-state index contributed by atoms with van der Waals surface area (Å²) in [7, 11) is 0. The highest BCUT2D eigenvalue weighted by Gasteiger charge is 2.17. The molecule has 278 valence electrons. The zero-order chi connectivity index (χ0) is 37.5. The molecule has 1 aliphatic rings. The summed E-state index contributed by atoms with van der Waals surface area (Å²) < 4.78 is 22.2. The number of ether oxygens (including phenoxy) is 4. The van der Waals surface area contributed by atoms with Crippen molar-refractivity contribution in [1.29, 1.82) is 0 Å². The molecule has 0 aromatic heterocycles. The van der Waals surface area contributed by atoms with Gasteiger partial charge in [-0.25, -0.2) is 9.59 Å². The van der Waals surface area contributed by atoms with Gasteiger partial charge in [0.05, 0.1) is 24.4 Å². The maximum absolute atomic E-state index is 11.9. The highest BCUT2D eigenvalue weighted by atomic mass is 16.6. The molecule has 0 saturated heterocycles. The molecule has 8 heteroatoms. The van der Waals surface area contributed by atoms with Crippen LogP contribution in [0.5, 0.6) is 11.5 Å². The molecule has 52 heavy (non-hydrogen) atoms. The average molecular weight is 711 g/mol. The third kappa shape index (κ3) is 11.4. The third-order valence-corrected chi connectivity index (χ3v) is 9.45. The fraction of sp³-hybridized carbons (Fsp3) is 0.409. The topological polar surface area (TPSA) is 112 Å². The van der Waals surface area contributed by atoms with Crippen molar-refractivity contribution in [2.45, 2.75) is 72.1 Å². The van der Waals surface area contributed by atoms with E-state index < -0.39 is 25.2 Å². The molecule has 1 atom stereocenters. The fourth-order valence-electron chi connectivity index (χ4n) is 6.43. The number of unbranched alkanes of at least 4 members (excludes halogenated alkanes) is 2. The first kappa shape index (κ1) is 40.1. The summed E-state index contributed by atoms with van der Waals surface area (Å²) >= 11 is 0. The summed E-state index contributed by atoms with van der Waals surface area (Å²) in [6.45, 7) is 12.6. The standard InChI is InChI=1S/C44H54O8/c1-6-8-9-10-33-11-13-35(14-12-33)36-15-17-41(30(3)23-36)37-16-18-42(34(7-2)24-37)38-25-39(49-19-21-51-43(47)31(4)28-45)27-40(26-38)50-20-22-52-44(48)32(5)29-46/h13,15-18,23-27,33,45-46H,4-12,14,19-22,28-29H2,1-3H3. The molecule has 8 nitrogen and oxygen atoms in total. The summed E-state index contributed by atoms with van der Waals surface area (Å²) in [6, 6.07) is 18.9. The van der Waals surface area contributed by atoms with Gasteiger partial charge in [0.25, 0.3) is 0 Å². The van der Waals surface area contributed by atoms with Gasteiger partial charge in [0.15, 0.2) is 0 Å². The number of rotatable bonds is 20. The lowest BCUT2D eigenvalue weighted by Gasteiger charge is -2.22. The average Bonchev–Trinajstić information content (AvgIpc) is 3.17. The quantitative estimate of drug-likeness (QED) is 0.0682. The molecule has 1 aliphatic carbocycles. The van der Waals surface area contributed by atoms with Crippen LogP contribution in [-0.2, 0) is 25.5 Å². The van der Waals surface area contributed by atoms with E-state index in [2.05, 4.69) is 76.4 Å². The molecule has 2 N–H and O–H groups in total. The van der Waals surface area contributed by atoms with Crippen LogP contribution in [0.25, 0.3) is 27.8 Å². The molecule has 0 radical (unpaired) electrons. The van der Waals surface area contributed by atoms with Gasteiger partial charge in [0.2, 0.25) is 0 Å². The zero-order valence-electron chi connectivity index (χ0n) is 31.0. The molecule has 0 aliphatic heterocycles. The Bertz CT molecular complexity index is 1680. The first-order valence-corrected chi connectivity index (χ1v) is 18.4. The van der Waals surface area contributed by atoms with Gasteiger partial charge in [-0.1, -0.05) is 95.2 Å². The normalized spacial score (nSPS) is 13.9. The van der Waals surface area contributed by atoms with Crippen molar-refractivity contribution in [3.63, 3.8) is 0 Å². The maximum Gasteiger partial charge on any atom is 0.335 e. The molecule has 1 unspecified atom stereocenters. The number of carbonyl (C=O) groups is 2. The molecular formula is C44H54O8. The minimum atomic E-state index is -0.683. The summed E-state index contributed by atoms with van der Waals surface area (Å²) in [5.41, 5.74) is 9.38. The summed E-state index contributed by atoms with van der Waals surface area (Å²) in [5, 5.41) is 18.2. The van der Waals surface area contributed by atoms with Crippen molar-refractivity contribution < 1.29 is 38.7 Å². The van der Waals surface area contributed by atoms with Crippen LogP contribution in [0.4, 0.5) is 0 Å². The number of hydrogen-bond acceptors (Lipinski definition) is 8. The van der Waals surface area contributed by atoms with Gasteiger partial charge in [0.1, 0.15) is 37.9 Å². The maximum atomic E-state index is 11.9. The molecule has 0 bridgehead atoms. The van der Waals surface area contributed by atoms with E-state index in [4.69, 9.17) is 29.2 Å². The number of aryl methyl sites for hydroxylation is 2. The Morgan fingerprint density at radius 2 is 1.37 bits per heavy atom. The lowest BCUT2D eigenvalue weighted by Crippen LogP contribution is -2.15. The van der Waals surface area contributed by atoms with Crippen molar-refractivity contribution in [2.24, 2.45) is 5.92 Å². The van der Waals surface area contributed by atoms with Crippen LogP contribution in [-0.4, -0.2) is 61.8 Å². The molecule has 0 fully saturated rings. The van der Waals surface area contributed by atoms with Crippen LogP contribution < -0.4 is 9.47 Å². The van der Waals surface area contributed by atoms with Gasteiger partial charge in [-0.2, -0.15) is 0 Å². The van der Waals surface area contributed by atoms with Crippen LogP contribution in [0, 0.1) is 12.8 Å². The second-order valence-electron chi connectivity index (χ2n) is 13.3. The van der Waals surface area contributed by atoms with Crippen LogP contribution >= 0.6 is 0 Å². The van der Waals surface area contributed by atoms with Gasteiger partial charge in [-0.05, 0) is 95.2 Å². The molecule has 3 aromatic carbocycles. The van der Waals surface area contributed by atoms with Gasteiger partial charge in [-0.15, -0.1) is 0 Å². The number of benzene rings is 3. The molecule has 0 spiro atoms.